The zero-order chi connectivity index (χ0) is 24.2. The maximum absolute atomic E-state index is 13.7. The third kappa shape index (κ3) is 6.24. The second-order valence-electron chi connectivity index (χ2n) is 7.79. The van der Waals surface area contributed by atoms with Crippen molar-refractivity contribution in [1.29, 1.82) is 0 Å². The first-order valence-corrected chi connectivity index (χ1v) is 12.6. The predicted octanol–water partition coefficient (Wildman–Crippen LogP) is 3.92. The van der Waals surface area contributed by atoms with Crippen LogP contribution in [0, 0.1) is 13.8 Å². The summed E-state index contributed by atoms with van der Waals surface area (Å²) in [7, 11) is -2.12. The monoisotopic (exact) mass is 511 g/mol. The van der Waals surface area contributed by atoms with Crippen LogP contribution < -0.4 is 5.32 Å². The van der Waals surface area contributed by atoms with E-state index >= 15 is 0 Å². The number of rotatable bonds is 10. The molecule has 0 aliphatic rings. The molecule has 0 unspecified atom stereocenters. The van der Waals surface area contributed by atoms with Gasteiger partial charge in [-0.2, -0.15) is 9.40 Å². The molecule has 1 aromatic carbocycles. The molecule has 2 N–H and O–H groups in total. The Labute approximate surface area is 204 Å². The van der Waals surface area contributed by atoms with Crippen molar-refractivity contribution in [2.24, 2.45) is 7.05 Å². The van der Waals surface area contributed by atoms with E-state index in [0.29, 0.717) is 27.7 Å². The first kappa shape index (κ1) is 25.5. The van der Waals surface area contributed by atoms with Crippen molar-refractivity contribution in [3.63, 3.8) is 0 Å². The highest BCUT2D eigenvalue weighted by atomic mass is 35.5. The fourth-order valence-electron chi connectivity index (χ4n) is 3.38. The van der Waals surface area contributed by atoms with Crippen LogP contribution in [-0.4, -0.2) is 45.7 Å². The number of benzene rings is 1. The van der Waals surface area contributed by atoms with Crippen LogP contribution in [0.3, 0.4) is 0 Å². The molecule has 0 fully saturated rings. The molecule has 178 valence electrons. The summed E-state index contributed by atoms with van der Waals surface area (Å²) in [6, 6.07) is 6.60. The molecule has 0 spiro atoms. The summed E-state index contributed by atoms with van der Waals surface area (Å²) in [5.74, 6) is 0.256. The van der Waals surface area contributed by atoms with Gasteiger partial charge in [0.1, 0.15) is 10.7 Å². The molecule has 2 aromatic heterocycles. The Bertz CT molecular complexity index is 1230. The fraction of sp³-hybridized carbons (Fsp3) is 0.364. The number of hydrogen-bond acceptors (Lipinski definition) is 6. The molecule has 0 bridgehead atoms. The lowest BCUT2D eigenvalue weighted by atomic mass is 10.2. The Morgan fingerprint density at radius 1 is 1.18 bits per heavy atom. The van der Waals surface area contributed by atoms with Crippen molar-refractivity contribution in [2.75, 3.05) is 18.5 Å². The van der Waals surface area contributed by atoms with Crippen LogP contribution in [-0.2, 0) is 30.2 Å². The van der Waals surface area contributed by atoms with Crippen LogP contribution in [0.15, 0.2) is 41.6 Å². The molecule has 8 nitrogen and oxygen atoms in total. The summed E-state index contributed by atoms with van der Waals surface area (Å²) >= 11 is 12.1. The van der Waals surface area contributed by atoms with Crippen molar-refractivity contribution in [3.8, 4) is 0 Å². The highest BCUT2D eigenvalue weighted by Gasteiger charge is 2.28. The molecule has 0 saturated carbocycles. The van der Waals surface area contributed by atoms with E-state index in [-0.39, 0.29) is 36.8 Å². The molecule has 3 rings (SSSR count). The Morgan fingerprint density at radius 3 is 2.58 bits per heavy atom. The first-order chi connectivity index (χ1) is 15.6. The minimum atomic E-state index is -3.96. The number of hydrogen-bond donors (Lipinski definition) is 2. The number of anilines is 1. The minimum Gasteiger partial charge on any atom is -0.396 e. The van der Waals surface area contributed by atoms with Gasteiger partial charge in [0, 0.05) is 51.2 Å². The molecule has 3 aromatic rings. The molecule has 11 heteroatoms. The number of sulfonamides is 1. The Balaban J connectivity index is 1.94. The van der Waals surface area contributed by atoms with E-state index in [9.17, 15) is 13.5 Å². The quantitative estimate of drug-likeness (QED) is 0.427. The second kappa shape index (κ2) is 10.8. The van der Waals surface area contributed by atoms with Crippen molar-refractivity contribution in [2.45, 2.75) is 38.3 Å². The number of nitrogens with one attached hydrogen (secondary N) is 1. The molecule has 33 heavy (non-hydrogen) atoms. The second-order valence-corrected chi connectivity index (χ2v) is 10.5. The summed E-state index contributed by atoms with van der Waals surface area (Å²) in [6.07, 6.45) is 3.79. The number of aryl methyl sites for hydroxylation is 3. The van der Waals surface area contributed by atoms with Gasteiger partial charge in [-0.05, 0) is 49.6 Å². The smallest absolute Gasteiger partial charge is 0.247 e. The number of aliphatic hydroxyl groups is 1. The maximum Gasteiger partial charge on any atom is 0.247 e. The molecular weight excluding hydrogens is 485 g/mol. The minimum absolute atomic E-state index is 0.0713. The van der Waals surface area contributed by atoms with Gasteiger partial charge in [0.25, 0.3) is 0 Å². The standard InChI is InChI=1S/C22H27Cl2N5O3S/c1-15-9-21(22(25-11-15)26-12-18-14-28(3)27-16(18)2)33(31,32)29(7-4-8-30)13-17-5-6-19(23)20(24)10-17/h5-6,9-11,14,30H,4,7-8,12-13H2,1-3H3,(H,25,26). The van der Waals surface area contributed by atoms with E-state index < -0.39 is 10.0 Å². The summed E-state index contributed by atoms with van der Waals surface area (Å²) in [5, 5.41) is 17.6. The lowest BCUT2D eigenvalue weighted by molar-refractivity contribution is 0.267. The molecule has 0 saturated heterocycles. The van der Waals surface area contributed by atoms with E-state index in [1.807, 2.05) is 20.2 Å². The Hall–Kier alpha value is -2.17. The molecule has 0 aliphatic heterocycles. The molecule has 0 amide bonds. The predicted molar refractivity (Wildman–Crippen MR) is 130 cm³/mol. The van der Waals surface area contributed by atoms with E-state index in [0.717, 1.165) is 11.3 Å². The van der Waals surface area contributed by atoms with Gasteiger partial charge in [-0.25, -0.2) is 13.4 Å². The van der Waals surface area contributed by atoms with Gasteiger partial charge in [-0.1, -0.05) is 29.3 Å². The number of pyridine rings is 1. The van der Waals surface area contributed by atoms with Crippen LogP contribution in [0.1, 0.15) is 28.8 Å². The molecule has 0 radical (unpaired) electrons. The highest BCUT2D eigenvalue weighted by Crippen LogP contribution is 2.28. The van der Waals surface area contributed by atoms with E-state index in [1.54, 1.807) is 42.1 Å². The van der Waals surface area contributed by atoms with Crippen molar-refractivity contribution < 1.29 is 13.5 Å². The van der Waals surface area contributed by atoms with E-state index in [1.165, 1.54) is 4.31 Å². The fourth-order valence-corrected chi connectivity index (χ4v) is 5.38. The van der Waals surface area contributed by atoms with Crippen LogP contribution in [0.2, 0.25) is 10.0 Å². The van der Waals surface area contributed by atoms with Gasteiger partial charge in [0.2, 0.25) is 10.0 Å². The number of nitrogens with zero attached hydrogens (tertiary/aromatic N) is 4. The third-order valence-corrected chi connectivity index (χ3v) is 7.67. The zero-order valence-electron chi connectivity index (χ0n) is 18.7. The summed E-state index contributed by atoms with van der Waals surface area (Å²) in [5.41, 5.74) is 3.20. The van der Waals surface area contributed by atoms with Gasteiger partial charge in [0.05, 0.1) is 15.7 Å². The SMILES string of the molecule is Cc1cnc(NCc2cn(C)nc2C)c(S(=O)(=O)N(CCCO)Cc2ccc(Cl)c(Cl)c2)c1. The van der Waals surface area contributed by atoms with Gasteiger partial charge < -0.3 is 10.4 Å². The largest absolute Gasteiger partial charge is 0.396 e. The first-order valence-electron chi connectivity index (χ1n) is 10.4. The lowest BCUT2D eigenvalue weighted by Crippen LogP contribution is -2.33. The number of halogens is 2. The average molecular weight is 512 g/mol. The summed E-state index contributed by atoms with van der Waals surface area (Å²) in [4.78, 5) is 4.43. The molecule has 0 atom stereocenters. The van der Waals surface area contributed by atoms with Crippen molar-refractivity contribution in [3.05, 3.63) is 69.1 Å². The van der Waals surface area contributed by atoms with Crippen LogP contribution >= 0.6 is 23.2 Å². The number of aromatic nitrogens is 3. The third-order valence-electron chi connectivity index (χ3n) is 5.08. The lowest BCUT2D eigenvalue weighted by Gasteiger charge is -2.24. The number of aliphatic hydroxyl groups excluding tert-OH is 1. The normalized spacial score (nSPS) is 11.8. The van der Waals surface area contributed by atoms with Gasteiger partial charge in [-0.3, -0.25) is 4.68 Å². The molecular formula is C22H27Cl2N5O3S. The van der Waals surface area contributed by atoms with Crippen molar-refractivity contribution >= 4 is 39.0 Å². The Kier molecular flexibility index (Phi) is 8.36. The molecule has 0 aliphatic carbocycles. The van der Waals surface area contributed by atoms with E-state index in [2.05, 4.69) is 15.4 Å². The highest BCUT2D eigenvalue weighted by molar-refractivity contribution is 7.89. The molecule has 2 heterocycles. The van der Waals surface area contributed by atoms with Crippen LogP contribution in [0.5, 0.6) is 0 Å². The van der Waals surface area contributed by atoms with Crippen LogP contribution in [0.25, 0.3) is 0 Å². The zero-order valence-corrected chi connectivity index (χ0v) is 21.0. The summed E-state index contributed by atoms with van der Waals surface area (Å²) < 4.78 is 30.5. The average Bonchev–Trinajstić information content (AvgIpc) is 3.09. The summed E-state index contributed by atoms with van der Waals surface area (Å²) in [6.45, 7) is 4.14. The Morgan fingerprint density at radius 2 is 1.94 bits per heavy atom. The maximum atomic E-state index is 13.7. The topological polar surface area (TPSA) is 100 Å². The van der Waals surface area contributed by atoms with Gasteiger partial charge in [-0.15, -0.1) is 0 Å². The van der Waals surface area contributed by atoms with Gasteiger partial charge >= 0.3 is 0 Å². The van der Waals surface area contributed by atoms with Crippen molar-refractivity contribution in [1.82, 2.24) is 19.1 Å². The van der Waals surface area contributed by atoms with Crippen LogP contribution in [0.4, 0.5) is 5.82 Å². The van der Waals surface area contributed by atoms with Gasteiger partial charge in [0.15, 0.2) is 0 Å². The van der Waals surface area contributed by atoms with E-state index in [4.69, 9.17) is 23.2 Å².